The fraction of sp³-hybridized carbons (Fsp3) is 0.357. The lowest BCUT2D eigenvalue weighted by Gasteiger charge is -2.06. The maximum atomic E-state index is 12.5. The predicted octanol–water partition coefficient (Wildman–Crippen LogP) is 3.39. The molecule has 6 heteroatoms. The molecular formula is C14H16F3N3. The molecule has 3 nitrogen and oxygen atoms in total. The van der Waals surface area contributed by atoms with Gasteiger partial charge in [0.05, 0.1) is 5.69 Å². The van der Waals surface area contributed by atoms with Crippen LogP contribution in [-0.2, 0) is 12.7 Å². The highest BCUT2D eigenvalue weighted by molar-refractivity contribution is 5.34. The quantitative estimate of drug-likeness (QED) is 0.852. The van der Waals surface area contributed by atoms with Crippen molar-refractivity contribution < 1.29 is 13.2 Å². The number of nitrogens with zero attached hydrogens (tertiary/aromatic N) is 2. The number of alkyl halides is 3. The van der Waals surface area contributed by atoms with Crippen LogP contribution in [0.3, 0.4) is 0 Å². The van der Waals surface area contributed by atoms with Gasteiger partial charge in [-0.1, -0.05) is 19.1 Å². The Labute approximate surface area is 115 Å². The Kier molecular flexibility index (Phi) is 4.44. The zero-order chi connectivity index (χ0) is 14.6. The monoisotopic (exact) mass is 283 g/mol. The summed E-state index contributed by atoms with van der Waals surface area (Å²) in [5.41, 5.74) is 0.816. The summed E-state index contributed by atoms with van der Waals surface area (Å²) in [5, 5.41) is 6.80. The molecule has 2 rings (SSSR count). The van der Waals surface area contributed by atoms with E-state index in [9.17, 15) is 13.2 Å². The summed E-state index contributed by atoms with van der Waals surface area (Å²) < 4.78 is 38.6. The Hall–Kier alpha value is -1.82. The highest BCUT2D eigenvalue weighted by Gasteiger charge is 2.33. The molecule has 0 spiro atoms. The van der Waals surface area contributed by atoms with Crippen molar-refractivity contribution in [3.63, 3.8) is 0 Å². The molecule has 1 heterocycles. The number of aromatic nitrogens is 2. The van der Waals surface area contributed by atoms with Crippen LogP contribution in [-0.4, -0.2) is 16.3 Å². The molecule has 2 aromatic rings. The van der Waals surface area contributed by atoms with E-state index < -0.39 is 11.9 Å². The minimum Gasteiger partial charge on any atom is -0.313 e. The summed E-state index contributed by atoms with van der Waals surface area (Å²) in [5.74, 6) is 0. The molecule has 1 aromatic heterocycles. The third-order valence-electron chi connectivity index (χ3n) is 2.84. The van der Waals surface area contributed by atoms with Gasteiger partial charge in [0.2, 0.25) is 0 Å². The molecule has 0 radical (unpaired) electrons. The van der Waals surface area contributed by atoms with Crippen LogP contribution in [0.5, 0.6) is 0 Å². The molecule has 0 atom stereocenters. The van der Waals surface area contributed by atoms with Crippen LogP contribution < -0.4 is 5.32 Å². The van der Waals surface area contributed by atoms with E-state index in [1.807, 2.05) is 12.1 Å². The Morgan fingerprint density at radius 1 is 1.15 bits per heavy atom. The van der Waals surface area contributed by atoms with Crippen LogP contribution in [0.25, 0.3) is 5.69 Å². The van der Waals surface area contributed by atoms with Gasteiger partial charge in [-0.15, -0.1) is 0 Å². The zero-order valence-electron chi connectivity index (χ0n) is 11.1. The van der Waals surface area contributed by atoms with Crippen LogP contribution in [0.4, 0.5) is 13.2 Å². The Bertz CT molecular complexity index is 544. The highest BCUT2D eigenvalue weighted by Crippen LogP contribution is 2.27. The highest BCUT2D eigenvalue weighted by atomic mass is 19.4. The van der Waals surface area contributed by atoms with Gasteiger partial charge in [0.15, 0.2) is 5.69 Å². The van der Waals surface area contributed by atoms with Gasteiger partial charge in [0, 0.05) is 12.7 Å². The van der Waals surface area contributed by atoms with E-state index in [1.165, 1.54) is 10.9 Å². The number of halogens is 3. The second-order valence-corrected chi connectivity index (χ2v) is 4.49. The summed E-state index contributed by atoms with van der Waals surface area (Å²) in [6.07, 6.45) is -2.03. The molecular weight excluding hydrogens is 267 g/mol. The van der Waals surface area contributed by atoms with Gasteiger partial charge < -0.3 is 5.32 Å². The summed E-state index contributed by atoms with van der Waals surface area (Å²) in [4.78, 5) is 0. The molecule has 0 saturated carbocycles. The van der Waals surface area contributed by atoms with E-state index in [-0.39, 0.29) is 0 Å². The average Bonchev–Trinajstić information content (AvgIpc) is 2.89. The maximum absolute atomic E-state index is 12.5. The van der Waals surface area contributed by atoms with Crippen LogP contribution in [0.2, 0.25) is 0 Å². The first-order valence-electron chi connectivity index (χ1n) is 6.43. The van der Waals surface area contributed by atoms with Crippen molar-refractivity contribution in [3.05, 3.63) is 47.8 Å². The summed E-state index contributed by atoms with van der Waals surface area (Å²) in [6, 6.07) is 8.25. The maximum Gasteiger partial charge on any atom is 0.435 e. The molecule has 108 valence electrons. The van der Waals surface area contributed by atoms with Crippen molar-refractivity contribution in [3.8, 4) is 5.69 Å². The normalized spacial score (nSPS) is 11.8. The smallest absolute Gasteiger partial charge is 0.313 e. The third-order valence-corrected chi connectivity index (χ3v) is 2.84. The predicted molar refractivity (Wildman–Crippen MR) is 70.6 cm³/mol. The van der Waals surface area contributed by atoms with E-state index in [0.29, 0.717) is 5.69 Å². The van der Waals surface area contributed by atoms with E-state index in [0.717, 1.165) is 31.1 Å². The van der Waals surface area contributed by atoms with Gasteiger partial charge in [-0.25, -0.2) is 4.68 Å². The Morgan fingerprint density at radius 2 is 1.85 bits per heavy atom. The number of hydrogen-bond donors (Lipinski definition) is 1. The topological polar surface area (TPSA) is 29.9 Å². The molecule has 0 amide bonds. The standard InChI is InChI=1S/C14H16F3N3/c1-2-8-18-10-11-3-5-12(6-4-11)20-9-7-13(19-20)14(15,16)17/h3-7,9,18H,2,8,10H2,1H3. The van der Waals surface area contributed by atoms with Crippen molar-refractivity contribution in [2.24, 2.45) is 0 Å². The summed E-state index contributed by atoms with van der Waals surface area (Å²) in [6.45, 7) is 3.78. The fourth-order valence-electron chi connectivity index (χ4n) is 1.79. The Morgan fingerprint density at radius 3 is 2.40 bits per heavy atom. The minimum absolute atomic E-state index is 0.611. The number of benzene rings is 1. The van der Waals surface area contributed by atoms with Crippen molar-refractivity contribution in [1.29, 1.82) is 0 Å². The molecule has 1 aromatic carbocycles. The zero-order valence-corrected chi connectivity index (χ0v) is 11.1. The van der Waals surface area contributed by atoms with Crippen molar-refractivity contribution >= 4 is 0 Å². The van der Waals surface area contributed by atoms with Crippen LogP contribution in [0.15, 0.2) is 36.5 Å². The molecule has 20 heavy (non-hydrogen) atoms. The number of rotatable bonds is 5. The molecule has 0 aliphatic rings. The average molecular weight is 283 g/mol. The number of hydrogen-bond acceptors (Lipinski definition) is 2. The van der Waals surface area contributed by atoms with Crippen molar-refractivity contribution in [2.45, 2.75) is 26.1 Å². The number of nitrogens with one attached hydrogen (secondary N) is 1. The van der Waals surface area contributed by atoms with Gasteiger partial charge >= 0.3 is 6.18 Å². The van der Waals surface area contributed by atoms with E-state index in [4.69, 9.17) is 0 Å². The van der Waals surface area contributed by atoms with Crippen LogP contribution >= 0.6 is 0 Å². The van der Waals surface area contributed by atoms with Gasteiger partial charge in [-0.05, 0) is 36.7 Å². The lowest BCUT2D eigenvalue weighted by Crippen LogP contribution is -2.13. The lowest BCUT2D eigenvalue weighted by atomic mass is 10.2. The van der Waals surface area contributed by atoms with E-state index >= 15 is 0 Å². The van der Waals surface area contributed by atoms with Gasteiger partial charge in [0.25, 0.3) is 0 Å². The summed E-state index contributed by atoms with van der Waals surface area (Å²) in [7, 11) is 0. The molecule has 0 aliphatic heterocycles. The second kappa shape index (κ2) is 6.09. The molecule has 0 fully saturated rings. The molecule has 0 bridgehead atoms. The van der Waals surface area contributed by atoms with E-state index in [2.05, 4.69) is 17.3 Å². The minimum atomic E-state index is -4.41. The second-order valence-electron chi connectivity index (χ2n) is 4.49. The molecule has 0 aliphatic carbocycles. The van der Waals surface area contributed by atoms with Gasteiger partial charge in [-0.2, -0.15) is 18.3 Å². The Balaban J connectivity index is 2.08. The molecule has 0 saturated heterocycles. The van der Waals surface area contributed by atoms with Crippen molar-refractivity contribution in [1.82, 2.24) is 15.1 Å². The third kappa shape index (κ3) is 3.60. The molecule has 0 unspecified atom stereocenters. The fourth-order valence-corrected chi connectivity index (χ4v) is 1.79. The largest absolute Gasteiger partial charge is 0.435 e. The first kappa shape index (κ1) is 14.6. The van der Waals surface area contributed by atoms with E-state index in [1.54, 1.807) is 12.1 Å². The SMILES string of the molecule is CCCNCc1ccc(-n2ccc(C(F)(F)F)n2)cc1. The first-order valence-corrected chi connectivity index (χ1v) is 6.43. The van der Waals surface area contributed by atoms with Crippen LogP contribution in [0, 0.1) is 0 Å². The van der Waals surface area contributed by atoms with Crippen LogP contribution in [0.1, 0.15) is 24.6 Å². The van der Waals surface area contributed by atoms with Gasteiger partial charge in [-0.3, -0.25) is 0 Å². The molecule has 1 N–H and O–H groups in total. The first-order chi connectivity index (χ1) is 9.50. The van der Waals surface area contributed by atoms with Gasteiger partial charge in [0.1, 0.15) is 0 Å². The lowest BCUT2D eigenvalue weighted by molar-refractivity contribution is -0.141. The summed E-state index contributed by atoms with van der Waals surface area (Å²) >= 11 is 0. The van der Waals surface area contributed by atoms with Crippen molar-refractivity contribution in [2.75, 3.05) is 6.54 Å².